The summed E-state index contributed by atoms with van der Waals surface area (Å²) in [7, 11) is 1.56. The smallest absolute Gasteiger partial charge is 0.387 e. The number of carbonyl (C=O) groups is 1. The second-order valence-electron chi connectivity index (χ2n) is 6.11. The summed E-state index contributed by atoms with van der Waals surface area (Å²) in [6.07, 6.45) is 1.20. The molecule has 0 radical (unpaired) electrons. The number of aromatic nitrogens is 2. The maximum absolute atomic E-state index is 13.2. The lowest BCUT2D eigenvalue weighted by Crippen LogP contribution is -2.33. The summed E-state index contributed by atoms with van der Waals surface area (Å²) in [6.45, 7) is -2.92. The molecular weight excluding hydrogens is 375 g/mol. The van der Waals surface area contributed by atoms with Crippen molar-refractivity contribution in [3.8, 4) is 5.75 Å². The Hall–Kier alpha value is -3.36. The highest BCUT2D eigenvalue weighted by atomic mass is 19.3. The molecule has 1 aromatic heterocycles. The molecule has 0 bridgehead atoms. The fraction of sp³-hybridized carbons (Fsp3) is 0.211. The zero-order valence-corrected chi connectivity index (χ0v) is 14.8. The Morgan fingerprint density at radius 3 is 2.61 bits per heavy atom. The van der Waals surface area contributed by atoms with Gasteiger partial charge >= 0.3 is 6.61 Å². The van der Waals surface area contributed by atoms with Crippen LogP contribution in [0.2, 0.25) is 0 Å². The normalized spacial score (nSPS) is 11.0. The van der Waals surface area contributed by atoms with E-state index in [1.807, 2.05) is 0 Å². The third-order valence-corrected chi connectivity index (χ3v) is 4.09. The van der Waals surface area contributed by atoms with Gasteiger partial charge in [0.2, 0.25) is 5.91 Å². The fourth-order valence-electron chi connectivity index (χ4n) is 2.65. The highest BCUT2D eigenvalue weighted by molar-refractivity contribution is 5.79. The van der Waals surface area contributed by atoms with E-state index in [4.69, 9.17) is 0 Å². The summed E-state index contributed by atoms with van der Waals surface area (Å²) in [5.41, 5.74) is 0.477. The lowest BCUT2D eigenvalue weighted by atomic mass is 10.2. The Labute approximate surface area is 157 Å². The van der Waals surface area contributed by atoms with Crippen molar-refractivity contribution in [2.75, 3.05) is 7.05 Å². The Morgan fingerprint density at radius 2 is 1.93 bits per heavy atom. The number of benzene rings is 2. The highest BCUT2D eigenvalue weighted by Gasteiger charge is 2.13. The molecule has 3 aromatic rings. The Balaban J connectivity index is 1.69. The third-order valence-electron chi connectivity index (χ3n) is 4.09. The van der Waals surface area contributed by atoms with E-state index in [2.05, 4.69) is 9.72 Å². The van der Waals surface area contributed by atoms with E-state index in [9.17, 15) is 22.8 Å². The molecule has 0 saturated carbocycles. The van der Waals surface area contributed by atoms with Crippen molar-refractivity contribution < 1.29 is 22.7 Å². The van der Waals surface area contributed by atoms with Gasteiger partial charge in [-0.15, -0.1) is 0 Å². The number of rotatable bonds is 6. The molecule has 28 heavy (non-hydrogen) atoms. The zero-order chi connectivity index (χ0) is 20.3. The van der Waals surface area contributed by atoms with Crippen LogP contribution in [0.15, 0.2) is 53.6 Å². The van der Waals surface area contributed by atoms with E-state index in [1.165, 1.54) is 29.4 Å². The van der Waals surface area contributed by atoms with Gasteiger partial charge < -0.3 is 9.64 Å². The first kappa shape index (κ1) is 19.4. The second kappa shape index (κ2) is 8.12. The van der Waals surface area contributed by atoms with Gasteiger partial charge in [0.15, 0.2) is 0 Å². The largest absolute Gasteiger partial charge is 0.435 e. The first-order valence-electron chi connectivity index (χ1n) is 8.26. The number of alkyl halides is 2. The van der Waals surface area contributed by atoms with Crippen LogP contribution in [0.5, 0.6) is 5.75 Å². The van der Waals surface area contributed by atoms with Crippen LogP contribution in [0, 0.1) is 5.82 Å². The van der Waals surface area contributed by atoms with Crippen molar-refractivity contribution in [2.24, 2.45) is 0 Å². The molecule has 2 aromatic carbocycles. The van der Waals surface area contributed by atoms with Crippen LogP contribution in [0.3, 0.4) is 0 Å². The van der Waals surface area contributed by atoms with Crippen LogP contribution in [-0.4, -0.2) is 34.0 Å². The van der Waals surface area contributed by atoms with Gasteiger partial charge in [-0.05, 0) is 29.8 Å². The first-order valence-corrected chi connectivity index (χ1v) is 8.26. The topological polar surface area (TPSA) is 64.4 Å². The predicted octanol–water partition coefficient (Wildman–Crippen LogP) is 2.80. The number of fused-ring (bicyclic) bond motifs is 1. The minimum atomic E-state index is -2.90. The molecule has 9 heteroatoms. The van der Waals surface area contributed by atoms with E-state index in [-0.39, 0.29) is 35.6 Å². The van der Waals surface area contributed by atoms with E-state index in [0.717, 1.165) is 16.7 Å². The third kappa shape index (κ3) is 4.48. The fourth-order valence-corrected chi connectivity index (χ4v) is 2.65. The number of amides is 1. The quantitative estimate of drug-likeness (QED) is 0.648. The molecule has 0 aliphatic rings. The number of hydrogen-bond donors (Lipinski definition) is 0. The minimum Gasteiger partial charge on any atom is -0.435 e. The summed E-state index contributed by atoms with van der Waals surface area (Å²) in [5.74, 6) is -0.825. The zero-order valence-electron chi connectivity index (χ0n) is 14.8. The molecule has 3 rings (SSSR count). The van der Waals surface area contributed by atoms with Gasteiger partial charge in [-0.3, -0.25) is 14.2 Å². The maximum atomic E-state index is 13.2. The van der Waals surface area contributed by atoms with Gasteiger partial charge in [0.25, 0.3) is 5.56 Å². The van der Waals surface area contributed by atoms with Crippen LogP contribution in [0.4, 0.5) is 13.2 Å². The standard InChI is InChI=1S/C19H16F3N3O3/c1-24(9-12-2-5-14(6-3-12)28-19(21)22)17(26)10-25-11-23-16-8-13(20)4-7-15(16)18(25)27/h2-8,11,19H,9-10H2,1H3. The van der Waals surface area contributed by atoms with Gasteiger partial charge in [0.05, 0.1) is 17.2 Å². The van der Waals surface area contributed by atoms with Crippen molar-refractivity contribution in [3.05, 3.63) is 70.5 Å². The summed E-state index contributed by atoms with van der Waals surface area (Å²) >= 11 is 0. The molecule has 0 unspecified atom stereocenters. The van der Waals surface area contributed by atoms with Crippen molar-refractivity contribution in [1.82, 2.24) is 14.5 Å². The van der Waals surface area contributed by atoms with Crippen LogP contribution >= 0.6 is 0 Å². The number of carbonyl (C=O) groups excluding carboxylic acids is 1. The molecule has 0 N–H and O–H groups in total. The van der Waals surface area contributed by atoms with E-state index in [1.54, 1.807) is 19.2 Å². The van der Waals surface area contributed by atoms with Gasteiger partial charge in [0, 0.05) is 19.7 Å². The molecule has 0 saturated heterocycles. The van der Waals surface area contributed by atoms with Crippen LogP contribution in [0.25, 0.3) is 10.9 Å². The molecule has 6 nitrogen and oxygen atoms in total. The molecular formula is C19H16F3N3O3. The van der Waals surface area contributed by atoms with E-state index >= 15 is 0 Å². The molecule has 146 valence electrons. The molecule has 0 atom stereocenters. The lowest BCUT2D eigenvalue weighted by Gasteiger charge is -2.18. The lowest BCUT2D eigenvalue weighted by molar-refractivity contribution is -0.131. The molecule has 0 aliphatic carbocycles. The number of halogens is 3. The average molecular weight is 391 g/mol. The number of likely N-dealkylation sites (N-methyl/N-ethyl adjacent to an activating group) is 1. The average Bonchev–Trinajstić information content (AvgIpc) is 2.65. The molecule has 0 spiro atoms. The summed E-state index contributed by atoms with van der Waals surface area (Å²) < 4.78 is 43.0. The van der Waals surface area contributed by atoms with Crippen LogP contribution in [0.1, 0.15) is 5.56 Å². The van der Waals surface area contributed by atoms with Crippen molar-refractivity contribution in [1.29, 1.82) is 0 Å². The second-order valence-corrected chi connectivity index (χ2v) is 6.11. The highest BCUT2D eigenvalue weighted by Crippen LogP contribution is 2.16. The monoisotopic (exact) mass is 391 g/mol. The Morgan fingerprint density at radius 1 is 1.21 bits per heavy atom. The SMILES string of the molecule is CN(Cc1ccc(OC(F)F)cc1)C(=O)Cn1cnc2cc(F)ccc2c1=O. The minimum absolute atomic E-state index is 0.0259. The summed E-state index contributed by atoms with van der Waals surface area (Å²) in [4.78, 5) is 30.3. The van der Waals surface area contributed by atoms with Crippen LogP contribution in [-0.2, 0) is 17.9 Å². The predicted molar refractivity (Wildman–Crippen MR) is 95.5 cm³/mol. The maximum Gasteiger partial charge on any atom is 0.387 e. The molecule has 1 heterocycles. The van der Waals surface area contributed by atoms with Gasteiger partial charge in [-0.1, -0.05) is 12.1 Å². The van der Waals surface area contributed by atoms with Crippen molar-refractivity contribution in [3.63, 3.8) is 0 Å². The van der Waals surface area contributed by atoms with E-state index < -0.39 is 18.0 Å². The van der Waals surface area contributed by atoms with Gasteiger partial charge in [-0.2, -0.15) is 8.78 Å². The first-order chi connectivity index (χ1) is 13.3. The number of hydrogen-bond acceptors (Lipinski definition) is 4. The number of ether oxygens (including phenoxy) is 1. The Kier molecular flexibility index (Phi) is 5.62. The summed E-state index contributed by atoms with van der Waals surface area (Å²) in [6, 6.07) is 9.54. The van der Waals surface area contributed by atoms with Gasteiger partial charge in [0.1, 0.15) is 18.1 Å². The molecule has 0 aliphatic heterocycles. The van der Waals surface area contributed by atoms with Gasteiger partial charge in [-0.25, -0.2) is 9.37 Å². The molecule has 0 fully saturated rings. The van der Waals surface area contributed by atoms with Crippen molar-refractivity contribution >= 4 is 16.8 Å². The summed E-state index contributed by atoms with van der Waals surface area (Å²) in [5, 5.41) is 0.217. The Bertz CT molecular complexity index is 1050. The number of nitrogens with zero attached hydrogens (tertiary/aromatic N) is 3. The molecule has 1 amide bonds. The van der Waals surface area contributed by atoms with E-state index in [0.29, 0.717) is 5.56 Å². The van der Waals surface area contributed by atoms with Crippen LogP contribution < -0.4 is 10.3 Å². The van der Waals surface area contributed by atoms with Crippen molar-refractivity contribution in [2.45, 2.75) is 19.7 Å².